The molecule has 2 unspecified atom stereocenters. The molecule has 1 aliphatic heterocycles. The Morgan fingerprint density at radius 1 is 1.11 bits per heavy atom. The van der Waals surface area contributed by atoms with E-state index in [9.17, 15) is 0 Å². The van der Waals surface area contributed by atoms with E-state index in [0.29, 0.717) is 5.92 Å². The highest BCUT2D eigenvalue weighted by Crippen LogP contribution is 2.40. The molecule has 0 spiro atoms. The molecule has 2 atom stereocenters. The van der Waals surface area contributed by atoms with Crippen molar-refractivity contribution < 1.29 is 4.74 Å². The van der Waals surface area contributed by atoms with E-state index in [-0.39, 0.29) is 6.10 Å². The van der Waals surface area contributed by atoms with E-state index in [1.54, 1.807) is 0 Å². The van der Waals surface area contributed by atoms with Gasteiger partial charge in [0.15, 0.2) is 0 Å². The van der Waals surface area contributed by atoms with Gasteiger partial charge < -0.3 is 4.74 Å². The van der Waals surface area contributed by atoms with Crippen molar-refractivity contribution in [2.45, 2.75) is 38.7 Å². The summed E-state index contributed by atoms with van der Waals surface area (Å²) in [5.41, 5.74) is 4.13. The molecule has 98 valence electrons. The zero-order valence-corrected chi connectivity index (χ0v) is 11.6. The lowest BCUT2D eigenvalue weighted by Crippen LogP contribution is -2.23. The summed E-state index contributed by atoms with van der Waals surface area (Å²) in [6.07, 6.45) is 2.42. The first-order valence-electron chi connectivity index (χ1n) is 7.12. The first-order valence-corrected chi connectivity index (χ1v) is 7.12. The molecular formula is C18H20O. The molecule has 0 N–H and O–H groups in total. The smallest absolute Gasteiger partial charge is 0.123 e. The second-order valence-electron chi connectivity index (χ2n) is 5.35. The van der Waals surface area contributed by atoms with Crippen LogP contribution in [-0.2, 0) is 6.42 Å². The minimum absolute atomic E-state index is 0.283. The molecule has 0 saturated carbocycles. The minimum atomic E-state index is 0.283. The van der Waals surface area contributed by atoms with E-state index in [1.165, 1.54) is 16.7 Å². The Morgan fingerprint density at radius 2 is 1.89 bits per heavy atom. The van der Waals surface area contributed by atoms with Gasteiger partial charge in [-0.25, -0.2) is 0 Å². The van der Waals surface area contributed by atoms with E-state index in [1.807, 2.05) is 0 Å². The fraction of sp³-hybridized carbons (Fsp3) is 0.333. The third-order valence-electron chi connectivity index (χ3n) is 3.96. The van der Waals surface area contributed by atoms with Crippen LogP contribution in [0.15, 0.2) is 48.5 Å². The summed E-state index contributed by atoms with van der Waals surface area (Å²) in [5.74, 6) is 1.52. The van der Waals surface area contributed by atoms with Gasteiger partial charge in [-0.2, -0.15) is 0 Å². The molecule has 0 aliphatic carbocycles. The summed E-state index contributed by atoms with van der Waals surface area (Å²) in [6, 6.07) is 17.4. The zero-order valence-electron chi connectivity index (χ0n) is 11.6. The summed E-state index contributed by atoms with van der Waals surface area (Å²) < 4.78 is 5.98. The highest BCUT2D eigenvalue weighted by Gasteiger charge is 2.27. The van der Waals surface area contributed by atoms with Gasteiger partial charge in [0.25, 0.3) is 0 Å². The van der Waals surface area contributed by atoms with Gasteiger partial charge in [-0.15, -0.1) is 0 Å². The van der Waals surface area contributed by atoms with Crippen LogP contribution in [0.5, 0.6) is 5.75 Å². The van der Waals surface area contributed by atoms with Crippen LogP contribution in [-0.4, -0.2) is 6.10 Å². The minimum Gasteiger partial charge on any atom is -0.490 e. The lowest BCUT2D eigenvalue weighted by atomic mass is 9.83. The average molecular weight is 252 g/mol. The molecule has 0 radical (unpaired) electrons. The molecule has 0 bridgehead atoms. The number of benzene rings is 2. The first-order chi connectivity index (χ1) is 9.28. The molecule has 0 saturated heterocycles. The van der Waals surface area contributed by atoms with Crippen LogP contribution in [0.25, 0.3) is 0 Å². The van der Waals surface area contributed by atoms with Crippen molar-refractivity contribution >= 4 is 0 Å². The Labute approximate surface area is 115 Å². The summed E-state index contributed by atoms with van der Waals surface area (Å²) in [4.78, 5) is 0. The molecular weight excluding hydrogens is 232 g/mol. The van der Waals surface area contributed by atoms with Crippen LogP contribution in [0.2, 0.25) is 0 Å². The van der Waals surface area contributed by atoms with E-state index >= 15 is 0 Å². The topological polar surface area (TPSA) is 9.23 Å². The Bertz CT molecular complexity index is 559. The van der Waals surface area contributed by atoms with Crippen LogP contribution in [0.4, 0.5) is 0 Å². The SMILES string of the molecule is CCc1ccc2c(c1)C(c1ccccc1)CC(C)O2. The number of aryl methyl sites for hydroxylation is 1. The average Bonchev–Trinajstić information content (AvgIpc) is 2.47. The van der Waals surface area contributed by atoms with Crippen LogP contribution in [0.1, 0.15) is 42.9 Å². The molecule has 1 aliphatic rings. The maximum Gasteiger partial charge on any atom is 0.123 e. The van der Waals surface area contributed by atoms with Crippen LogP contribution in [0, 0.1) is 0 Å². The quantitative estimate of drug-likeness (QED) is 0.761. The van der Waals surface area contributed by atoms with Gasteiger partial charge >= 0.3 is 0 Å². The number of rotatable bonds is 2. The highest BCUT2D eigenvalue weighted by molar-refractivity contribution is 5.46. The molecule has 2 aromatic carbocycles. The van der Waals surface area contributed by atoms with E-state index < -0.39 is 0 Å². The zero-order chi connectivity index (χ0) is 13.2. The number of ether oxygens (including phenoxy) is 1. The number of hydrogen-bond acceptors (Lipinski definition) is 1. The Morgan fingerprint density at radius 3 is 2.63 bits per heavy atom. The molecule has 1 heterocycles. The third-order valence-corrected chi connectivity index (χ3v) is 3.96. The van der Waals surface area contributed by atoms with Crippen molar-refractivity contribution in [2.75, 3.05) is 0 Å². The van der Waals surface area contributed by atoms with Crippen LogP contribution >= 0.6 is 0 Å². The van der Waals surface area contributed by atoms with Gasteiger partial charge in [0.05, 0.1) is 6.10 Å². The standard InChI is InChI=1S/C18H20O/c1-3-14-9-10-18-17(12-14)16(11-13(2)19-18)15-7-5-4-6-8-15/h4-10,12-13,16H,3,11H2,1-2H3. The normalized spacial score (nSPS) is 21.6. The van der Waals surface area contributed by atoms with Gasteiger partial charge in [-0.05, 0) is 37.0 Å². The molecule has 1 heteroatoms. The third kappa shape index (κ3) is 2.37. The van der Waals surface area contributed by atoms with E-state index in [0.717, 1.165) is 18.6 Å². The van der Waals surface area contributed by atoms with Crippen molar-refractivity contribution in [3.05, 3.63) is 65.2 Å². The number of fused-ring (bicyclic) bond motifs is 1. The Kier molecular flexibility index (Phi) is 3.29. The van der Waals surface area contributed by atoms with Crippen LogP contribution in [0.3, 0.4) is 0 Å². The molecule has 19 heavy (non-hydrogen) atoms. The maximum absolute atomic E-state index is 5.98. The Hall–Kier alpha value is -1.76. The van der Waals surface area contributed by atoms with Crippen molar-refractivity contribution in [1.82, 2.24) is 0 Å². The van der Waals surface area contributed by atoms with Crippen molar-refractivity contribution in [1.29, 1.82) is 0 Å². The van der Waals surface area contributed by atoms with Gasteiger partial charge in [-0.1, -0.05) is 49.4 Å². The van der Waals surface area contributed by atoms with Crippen LogP contribution < -0.4 is 4.74 Å². The van der Waals surface area contributed by atoms with E-state index in [4.69, 9.17) is 4.74 Å². The van der Waals surface area contributed by atoms with Gasteiger partial charge in [0.1, 0.15) is 5.75 Å². The maximum atomic E-state index is 5.98. The number of hydrogen-bond donors (Lipinski definition) is 0. The lowest BCUT2D eigenvalue weighted by molar-refractivity contribution is 0.183. The summed E-state index contributed by atoms with van der Waals surface area (Å²) in [5, 5.41) is 0. The monoisotopic (exact) mass is 252 g/mol. The van der Waals surface area contributed by atoms with Gasteiger partial charge in [0.2, 0.25) is 0 Å². The fourth-order valence-electron chi connectivity index (χ4n) is 2.92. The summed E-state index contributed by atoms with van der Waals surface area (Å²) in [7, 11) is 0. The molecule has 1 nitrogen and oxygen atoms in total. The summed E-state index contributed by atoms with van der Waals surface area (Å²) in [6.45, 7) is 4.36. The molecule has 0 aromatic heterocycles. The molecule has 0 amide bonds. The van der Waals surface area contributed by atoms with Crippen molar-refractivity contribution in [3.8, 4) is 5.75 Å². The molecule has 2 aromatic rings. The molecule has 0 fully saturated rings. The Balaban J connectivity index is 2.07. The highest BCUT2D eigenvalue weighted by atomic mass is 16.5. The second-order valence-corrected chi connectivity index (χ2v) is 5.35. The van der Waals surface area contributed by atoms with E-state index in [2.05, 4.69) is 62.4 Å². The first kappa shape index (κ1) is 12.3. The molecule has 3 rings (SSSR count). The van der Waals surface area contributed by atoms with Gasteiger partial charge in [-0.3, -0.25) is 0 Å². The lowest BCUT2D eigenvalue weighted by Gasteiger charge is -2.31. The second kappa shape index (κ2) is 5.08. The largest absolute Gasteiger partial charge is 0.490 e. The summed E-state index contributed by atoms with van der Waals surface area (Å²) >= 11 is 0. The predicted octanol–water partition coefficient (Wildman–Crippen LogP) is 4.55. The van der Waals surface area contributed by atoms with Crippen molar-refractivity contribution in [2.24, 2.45) is 0 Å². The predicted molar refractivity (Wildman–Crippen MR) is 78.8 cm³/mol. The van der Waals surface area contributed by atoms with Crippen molar-refractivity contribution in [3.63, 3.8) is 0 Å². The fourth-order valence-corrected chi connectivity index (χ4v) is 2.92. The van der Waals surface area contributed by atoms with Gasteiger partial charge in [0, 0.05) is 11.5 Å².